The number of nitrogens with zero attached hydrogens (tertiary/aromatic N) is 2. The van der Waals surface area contributed by atoms with E-state index in [0.29, 0.717) is 0 Å². The van der Waals surface area contributed by atoms with Gasteiger partial charge in [0.15, 0.2) is 0 Å². The van der Waals surface area contributed by atoms with Gasteiger partial charge >= 0.3 is 0 Å². The van der Waals surface area contributed by atoms with E-state index < -0.39 is 0 Å². The first kappa shape index (κ1) is 16.4. The number of hydrogen-bond acceptors (Lipinski definition) is 5. The van der Waals surface area contributed by atoms with E-state index in [1.807, 2.05) is 43.1 Å². The van der Waals surface area contributed by atoms with Gasteiger partial charge in [-0.3, -0.25) is 14.5 Å². The molecule has 6 nitrogen and oxygen atoms in total. The highest BCUT2D eigenvalue weighted by atomic mass is 32.1. The van der Waals surface area contributed by atoms with Crippen molar-refractivity contribution in [3.8, 4) is 0 Å². The van der Waals surface area contributed by atoms with E-state index in [1.54, 1.807) is 11.3 Å². The lowest BCUT2D eigenvalue weighted by Gasteiger charge is -2.22. The Kier molecular flexibility index (Phi) is 5.46. The number of amides is 2. The van der Waals surface area contributed by atoms with Crippen LogP contribution in [0.4, 0.5) is 0 Å². The normalized spacial score (nSPS) is 12.4. The molecule has 2 amide bonds. The summed E-state index contributed by atoms with van der Waals surface area (Å²) in [4.78, 5) is 29.5. The Hall–Kier alpha value is -1.99. The third-order valence-corrected chi connectivity index (χ3v) is 4.65. The zero-order valence-electron chi connectivity index (χ0n) is 12.9. The lowest BCUT2D eigenvalue weighted by molar-refractivity contribution is -0.126. The molecule has 0 aliphatic rings. The van der Waals surface area contributed by atoms with E-state index in [4.69, 9.17) is 0 Å². The van der Waals surface area contributed by atoms with Crippen LogP contribution in [0.5, 0.6) is 0 Å². The summed E-state index contributed by atoms with van der Waals surface area (Å²) in [5, 5.41) is 6.02. The molecule has 1 aromatic heterocycles. The Balaban J connectivity index is 1.95. The van der Waals surface area contributed by atoms with Gasteiger partial charge in [-0.1, -0.05) is 12.1 Å². The molecular formula is C15H20N4O2S. The van der Waals surface area contributed by atoms with Gasteiger partial charge in [-0.2, -0.15) is 0 Å². The Morgan fingerprint density at radius 2 is 2.05 bits per heavy atom. The number of thiazole rings is 1. The molecule has 0 spiro atoms. The average molecular weight is 320 g/mol. The van der Waals surface area contributed by atoms with E-state index in [0.717, 1.165) is 15.2 Å². The molecule has 7 heteroatoms. The number of likely N-dealkylation sites (N-methyl/N-ethyl adjacent to an activating group) is 2. The van der Waals surface area contributed by atoms with Crippen molar-refractivity contribution in [2.75, 3.05) is 27.2 Å². The van der Waals surface area contributed by atoms with E-state index in [9.17, 15) is 9.59 Å². The summed E-state index contributed by atoms with van der Waals surface area (Å²) in [6, 6.07) is 8.01. The van der Waals surface area contributed by atoms with Crippen LogP contribution in [0.25, 0.3) is 10.2 Å². The summed E-state index contributed by atoms with van der Waals surface area (Å²) < 4.78 is 1.14. The number of benzene rings is 1. The van der Waals surface area contributed by atoms with Crippen molar-refractivity contribution in [1.29, 1.82) is 0 Å². The maximum absolute atomic E-state index is 11.8. The minimum absolute atomic E-state index is 0.00130. The van der Waals surface area contributed by atoms with Crippen molar-refractivity contribution < 1.29 is 9.59 Å². The van der Waals surface area contributed by atoms with Crippen molar-refractivity contribution in [1.82, 2.24) is 20.5 Å². The molecule has 0 aliphatic heterocycles. The van der Waals surface area contributed by atoms with Crippen LogP contribution in [0.2, 0.25) is 0 Å². The van der Waals surface area contributed by atoms with Crippen molar-refractivity contribution in [2.45, 2.75) is 13.0 Å². The molecule has 1 aromatic carbocycles. The van der Waals surface area contributed by atoms with Gasteiger partial charge in [0.2, 0.25) is 11.8 Å². The minimum atomic E-state index is -0.213. The number of para-hydroxylation sites is 1. The third kappa shape index (κ3) is 4.02. The predicted octanol–water partition coefficient (Wildman–Crippen LogP) is 1.15. The summed E-state index contributed by atoms with van der Waals surface area (Å²) in [6.45, 7) is 2.23. The second-order valence-electron chi connectivity index (χ2n) is 5.06. The van der Waals surface area contributed by atoms with Crippen LogP contribution < -0.4 is 10.6 Å². The van der Waals surface area contributed by atoms with Gasteiger partial charge in [-0.15, -0.1) is 11.3 Å². The van der Waals surface area contributed by atoms with Crippen LogP contribution >= 0.6 is 11.3 Å². The van der Waals surface area contributed by atoms with Gasteiger partial charge < -0.3 is 10.6 Å². The highest BCUT2D eigenvalue weighted by Gasteiger charge is 2.18. The van der Waals surface area contributed by atoms with Crippen LogP contribution in [-0.2, 0) is 9.59 Å². The molecule has 1 heterocycles. The number of rotatable bonds is 6. The summed E-state index contributed by atoms with van der Waals surface area (Å²) in [5.41, 5.74) is 0.979. The highest BCUT2D eigenvalue weighted by molar-refractivity contribution is 7.18. The molecule has 2 rings (SSSR count). The lowest BCUT2D eigenvalue weighted by Crippen LogP contribution is -2.40. The standard InChI is InChI=1S/C15H20N4O2S/c1-10(15-18-11-6-4-5-7-12(11)22-15)19(3)9-14(21)17-8-13(20)16-2/h4-7,10H,8-9H2,1-3H3,(H,16,20)(H,17,21)/t10-/m0/s1. The molecule has 0 saturated heterocycles. The third-order valence-electron chi connectivity index (χ3n) is 3.45. The number of carbonyl (C=O) groups is 2. The molecule has 0 fully saturated rings. The predicted molar refractivity (Wildman–Crippen MR) is 87.7 cm³/mol. The van der Waals surface area contributed by atoms with Crippen molar-refractivity contribution in [2.24, 2.45) is 0 Å². The van der Waals surface area contributed by atoms with Crippen molar-refractivity contribution in [3.63, 3.8) is 0 Å². The van der Waals surface area contributed by atoms with E-state index in [1.165, 1.54) is 7.05 Å². The molecule has 0 aliphatic carbocycles. The summed E-state index contributed by atoms with van der Waals surface area (Å²) in [6.07, 6.45) is 0. The minimum Gasteiger partial charge on any atom is -0.358 e. The van der Waals surface area contributed by atoms with E-state index in [-0.39, 0.29) is 30.9 Å². The fraction of sp³-hybridized carbons (Fsp3) is 0.400. The van der Waals surface area contributed by atoms with E-state index >= 15 is 0 Å². The Bertz CT molecular complexity index is 637. The zero-order valence-corrected chi connectivity index (χ0v) is 13.7. The first-order valence-corrected chi connectivity index (χ1v) is 7.86. The van der Waals surface area contributed by atoms with Gasteiger partial charge in [0, 0.05) is 7.05 Å². The largest absolute Gasteiger partial charge is 0.358 e. The van der Waals surface area contributed by atoms with Crippen molar-refractivity contribution >= 4 is 33.4 Å². The quantitative estimate of drug-likeness (QED) is 0.837. The van der Waals surface area contributed by atoms with Gasteiger partial charge in [-0.25, -0.2) is 4.98 Å². The number of fused-ring (bicyclic) bond motifs is 1. The number of nitrogens with one attached hydrogen (secondary N) is 2. The SMILES string of the molecule is CNC(=O)CNC(=O)CN(C)[C@@H](C)c1nc2ccccc2s1. The van der Waals surface area contributed by atoms with Crippen LogP contribution in [0, 0.1) is 0 Å². The molecule has 0 unspecified atom stereocenters. The summed E-state index contributed by atoms with van der Waals surface area (Å²) in [5.74, 6) is -0.394. The second kappa shape index (κ2) is 7.33. The molecule has 0 bridgehead atoms. The fourth-order valence-electron chi connectivity index (χ4n) is 1.94. The number of hydrogen-bond donors (Lipinski definition) is 2. The van der Waals surface area contributed by atoms with Crippen LogP contribution in [0.3, 0.4) is 0 Å². The Morgan fingerprint density at radius 1 is 1.32 bits per heavy atom. The number of aromatic nitrogens is 1. The Morgan fingerprint density at radius 3 is 2.73 bits per heavy atom. The maximum atomic E-state index is 11.8. The van der Waals surface area contributed by atoms with E-state index in [2.05, 4.69) is 15.6 Å². The highest BCUT2D eigenvalue weighted by Crippen LogP contribution is 2.28. The van der Waals surface area contributed by atoms with Gasteiger partial charge in [-0.05, 0) is 26.1 Å². The monoisotopic (exact) mass is 320 g/mol. The molecule has 2 aromatic rings. The molecule has 2 N–H and O–H groups in total. The van der Waals surface area contributed by atoms with Crippen LogP contribution in [-0.4, -0.2) is 48.9 Å². The topological polar surface area (TPSA) is 74.3 Å². The average Bonchev–Trinajstić information content (AvgIpc) is 2.95. The first-order valence-electron chi connectivity index (χ1n) is 7.04. The molecule has 22 heavy (non-hydrogen) atoms. The first-order chi connectivity index (χ1) is 10.5. The summed E-state index contributed by atoms with van der Waals surface area (Å²) >= 11 is 1.63. The fourth-order valence-corrected chi connectivity index (χ4v) is 3.03. The molecule has 0 radical (unpaired) electrons. The van der Waals surface area contributed by atoms with Gasteiger partial charge in [0.05, 0.1) is 29.3 Å². The summed E-state index contributed by atoms with van der Waals surface area (Å²) in [7, 11) is 3.41. The molecule has 118 valence electrons. The van der Waals surface area contributed by atoms with Crippen LogP contribution in [0.1, 0.15) is 18.0 Å². The molecular weight excluding hydrogens is 300 g/mol. The van der Waals surface area contributed by atoms with Gasteiger partial charge in [0.25, 0.3) is 0 Å². The smallest absolute Gasteiger partial charge is 0.239 e. The van der Waals surface area contributed by atoms with Crippen LogP contribution in [0.15, 0.2) is 24.3 Å². The molecule has 1 atom stereocenters. The maximum Gasteiger partial charge on any atom is 0.239 e. The number of carbonyl (C=O) groups excluding carboxylic acids is 2. The Labute approximate surface area is 133 Å². The lowest BCUT2D eigenvalue weighted by atomic mass is 10.3. The van der Waals surface area contributed by atoms with Gasteiger partial charge in [0.1, 0.15) is 5.01 Å². The van der Waals surface area contributed by atoms with Crippen molar-refractivity contribution in [3.05, 3.63) is 29.3 Å². The molecule has 0 saturated carbocycles. The second-order valence-corrected chi connectivity index (χ2v) is 6.12. The zero-order chi connectivity index (χ0) is 16.1.